The Bertz CT molecular complexity index is 1550. The van der Waals surface area contributed by atoms with Crippen LogP contribution < -0.4 is 10.9 Å². The number of carbonyl (C=O) groups excluding carboxylic acids is 1. The summed E-state index contributed by atoms with van der Waals surface area (Å²) in [6, 6.07) is 22.5. The normalized spacial score (nSPS) is 11.2. The predicted molar refractivity (Wildman–Crippen MR) is 130 cm³/mol. The van der Waals surface area contributed by atoms with Gasteiger partial charge in [-0.1, -0.05) is 66.2 Å². The molecular formula is C26H21ClN4O2. The fraction of sp³-hybridized carbons (Fsp3) is 0.115. The number of hydrogen-bond acceptors (Lipinski definition) is 3. The number of aromatic nitrogens is 3. The molecule has 33 heavy (non-hydrogen) atoms. The summed E-state index contributed by atoms with van der Waals surface area (Å²) in [4.78, 5) is 31.3. The van der Waals surface area contributed by atoms with Crippen molar-refractivity contribution in [3.63, 3.8) is 0 Å². The van der Waals surface area contributed by atoms with Gasteiger partial charge in [-0.05, 0) is 41.8 Å². The van der Waals surface area contributed by atoms with E-state index < -0.39 is 0 Å². The first-order chi connectivity index (χ1) is 16.0. The van der Waals surface area contributed by atoms with Gasteiger partial charge >= 0.3 is 0 Å². The van der Waals surface area contributed by atoms with Crippen LogP contribution >= 0.6 is 11.6 Å². The summed E-state index contributed by atoms with van der Waals surface area (Å²) in [5.74, 6) is -0.297. The Morgan fingerprint density at radius 2 is 1.76 bits per heavy atom. The summed E-state index contributed by atoms with van der Waals surface area (Å²) in [5, 5.41) is 3.92. The van der Waals surface area contributed by atoms with Crippen LogP contribution in [0.5, 0.6) is 0 Å². The van der Waals surface area contributed by atoms with Crippen LogP contribution in [-0.4, -0.2) is 19.9 Å². The Balaban J connectivity index is 1.64. The van der Waals surface area contributed by atoms with Crippen LogP contribution in [0.1, 0.15) is 27.2 Å². The molecule has 6 nitrogen and oxygen atoms in total. The van der Waals surface area contributed by atoms with Gasteiger partial charge in [-0.2, -0.15) is 0 Å². The second-order valence-corrected chi connectivity index (χ2v) is 8.32. The molecule has 5 rings (SSSR count). The number of amides is 1. The smallest absolute Gasteiger partial charge is 0.268 e. The summed E-state index contributed by atoms with van der Waals surface area (Å²) >= 11 is 6.24. The number of nitrogens with zero attached hydrogens (tertiary/aromatic N) is 3. The van der Waals surface area contributed by atoms with Crippen LogP contribution in [-0.2, 0) is 13.1 Å². The molecule has 2 aromatic carbocycles. The predicted octanol–water partition coefficient (Wildman–Crippen LogP) is 4.59. The molecule has 0 radical (unpaired) electrons. The Morgan fingerprint density at radius 3 is 2.55 bits per heavy atom. The van der Waals surface area contributed by atoms with Gasteiger partial charge in [0.05, 0.1) is 5.39 Å². The highest BCUT2D eigenvalue weighted by atomic mass is 35.5. The lowest BCUT2D eigenvalue weighted by Gasteiger charge is -2.12. The number of fused-ring (bicyclic) bond motifs is 2. The number of benzene rings is 2. The van der Waals surface area contributed by atoms with E-state index in [9.17, 15) is 9.59 Å². The second kappa shape index (κ2) is 8.56. The lowest BCUT2D eigenvalue weighted by molar-refractivity contribution is 0.0942. The van der Waals surface area contributed by atoms with Crippen molar-refractivity contribution in [2.75, 3.05) is 0 Å². The van der Waals surface area contributed by atoms with Crippen molar-refractivity contribution >= 4 is 34.2 Å². The molecule has 0 aliphatic carbocycles. The van der Waals surface area contributed by atoms with E-state index in [2.05, 4.69) is 5.32 Å². The first-order valence-electron chi connectivity index (χ1n) is 10.6. The van der Waals surface area contributed by atoms with Gasteiger partial charge in [-0.15, -0.1) is 0 Å². The van der Waals surface area contributed by atoms with Crippen LogP contribution in [0.15, 0.2) is 83.8 Å². The van der Waals surface area contributed by atoms with Crippen molar-refractivity contribution in [2.24, 2.45) is 0 Å². The molecule has 0 fully saturated rings. The third-order valence-corrected chi connectivity index (χ3v) is 6.07. The lowest BCUT2D eigenvalue weighted by atomic mass is 10.2. The van der Waals surface area contributed by atoms with E-state index in [1.807, 2.05) is 67.6 Å². The van der Waals surface area contributed by atoms with E-state index in [0.717, 1.165) is 16.7 Å². The Hall–Kier alpha value is -3.90. The number of pyridine rings is 1. The molecular weight excluding hydrogens is 436 g/mol. The van der Waals surface area contributed by atoms with Crippen LogP contribution in [0.25, 0.3) is 16.7 Å². The van der Waals surface area contributed by atoms with Gasteiger partial charge in [0.1, 0.15) is 17.0 Å². The number of hydrogen-bond donors (Lipinski definition) is 1. The first-order valence-corrected chi connectivity index (χ1v) is 11.0. The molecule has 0 unspecified atom stereocenters. The molecule has 0 atom stereocenters. The number of carbonyl (C=O) groups is 1. The Kier molecular flexibility index (Phi) is 5.44. The van der Waals surface area contributed by atoms with Gasteiger partial charge in [0.25, 0.3) is 11.5 Å². The molecule has 0 aliphatic rings. The van der Waals surface area contributed by atoms with Crippen LogP contribution in [0.4, 0.5) is 0 Å². The van der Waals surface area contributed by atoms with E-state index in [-0.39, 0.29) is 18.0 Å². The topological polar surface area (TPSA) is 68.4 Å². The summed E-state index contributed by atoms with van der Waals surface area (Å²) < 4.78 is 3.33. The van der Waals surface area contributed by atoms with Crippen molar-refractivity contribution in [1.82, 2.24) is 19.3 Å². The maximum Gasteiger partial charge on any atom is 0.268 e. The molecule has 7 heteroatoms. The number of nitrogens with one attached hydrogen (secondary N) is 1. The Morgan fingerprint density at radius 1 is 1.00 bits per heavy atom. The van der Waals surface area contributed by atoms with E-state index in [1.54, 1.807) is 22.9 Å². The number of aryl methyl sites for hydroxylation is 1. The average molecular weight is 457 g/mol. The van der Waals surface area contributed by atoms with Crippen molar-refractivity contribution in [1.29, 1.82) is 0 Å². The molecule has 0 saturated carbocycles. The minimum atomic E-state index is -0.297. The van der Waals surface area contributed by atoms with Gasteiger partial charge in [-0.3, -0.25) is 14.0 Å². The molecule has 0 bridgehead atoms. The molecule has 1 N–H and O–H groups in total. The fourth-order valence-corrected chi connectivity index (χ4v) is 4.19. The maximum atomic E-state index is 13.3. The molecule has 0 saturated heterocycles. The quantitative estimate of drug-likeness (QED) is 0.420. The number of halogens is 1. The third-order valence-electron chi connectivity index (χ3n) is 5.71. The Labute approximate surface area is 195 Å². The van der Waals surface area contributed by atoms with Gasteiger partial charge in [-0.25, -0.2) is 4.98 Å². The second-order valence-electron chi connectivity index (χ2n) is 7.91. The highest BCUT2D eigenvalue weighted by molar-refractivity contribution is 6.31. The first kappa shape index (κ1) is 21.0. The molecule has 0 spiro atoms. The standard InChI is InChI=1S/C26H21ClN4O2/c1-17-8-7-13-30-23(17)29-24-20(26(30)33)14-22(31(24)16-18-9-3-2-4-10-18)25(32)28-15-19-11-5-6-12-21(19)27/h2-14H,15-16H2,1H3,(H,28,32). The van der Waals surface area contributed by atoms with Crippen LogP contribution in [0, 0.1) is 6.92 Å². The van der Waals surface area contributed by atoms with Gasteiger partial charge in [0, 0.05) is 24.3 Å². The average Bonchev–Trinajstić information content (AvgIpc) is 3.18. The van der Waals surface area contributed by atoms with E-state index in [4.69, 9.17) is 16.6 Å². The van der Waals surface area contributed by atoms with Crippen molar-refractivity contribution in [3.05, 3.63) is 117 Å². The van der Waals surface area contributed by atoms with Crippen molar-refractivity contribution in [2.45, 2.75) is 20.0 Å². The zero-order valence-corrected chi connectivity index (χ0v) is 18.7. The largest absolute Gasteiger partial charge is 0.347 e. The molecule has 5 aromatic rings. The van der Waals surface area contributed by atoms with E-state index in [0.29, 0.717) is 33.9 Å². The minimum absolute atomic E-state index is 0.203. The fourth-order valence-electron chi connectivity index (χ4n) is 3.98. The summed E-state index contributed by atoms with van der Waals surface area (Å²) in [6.07, 6.45) is 1.70. The maximum absolute atomic E-state index is 13.3. The molecule has 3 aromatic heterocycles. The monoisotopic (exact) mass is 456 g/mol. The summed E-state index contributed by atoms with van der Waals surface area (Å²) in [7, 11) is 0. The SMILES string of the molecule is Cc1cccn2c(=O)c3cc(C(=O)NCc4ccccc4Cl)n(Cc4ccccc4)c3nc12. The zero-order chi connectivity index (χ0) is 22.9. The van der Waals surface area contributed by atoms with Gasteiger partial charge in [0.2, 0.25) is 0 Å². The minimum Gasteiger partial charge on any atom is -0.347 e. The highest BCUT2D eigenvalue weighted by Gasteiger charge is 2.20. The summed E-state index contributed by atoms with van der Waals surface area (Å²) in [6.45, 7) is 2.60. The highest BCUT2D eigenvalue weighted by Crippen LogP contribution is 2.20. The van der Waals surface area contributed by atoms with Crippen LogP contribution in [0.3, 0.4) is 0 Å². The molecule has 164 valence electrons. The van der Waals surface area contributed by atoms with E-state index >= 15 is 0 Å². The van der Waals surface area contributed by atoms with Gasteiger partial charge in [0.15, 0.2) is 0 Å². The van der Waals surface area contributed by atoms with Crippen molar-refractivity contribution in [3.8, 4) is 0 Å². The molecule has 1 amide bonds. The molecule has 3 heterocycles. The third kappa shape index (κ3) is 3.90. The lowest BCUT2D eigenvalue weighted by Crippen LogP contribution is -2.26. The van der Waals surface area contributed by atoms with Gasteiger partial charge < -0.3 is 9.88 Å². The number of rotatable bonds is 5. The van der Waals surface area contributed by atoms with Crippen LogP contribution in [0.2, 0.25) is 5.02 Å². The summed E-state index contributed by atoms with van der Waals surface area (Å²) in [5.41, 5.74) is 3.93. The zero-order valence-electron chi connectivity index (χ0n) is 18.0. The van der Waals surface area contributed by atoms with E-state index in [1.165, 1.54) is 4.40 Å². The molecule has 0 aliphatic heterocycles. The van der Waals surface area contributed by atoms with Crippen molar-refractivity contribution < 1.29 is 4.79 Å².